The summed E-state index contributed by atoms with van der Waals surface area (Å²) in [5.41, 5.74) is 4.82. The zero-order valence-electron chi connectivity index (χ0n) is 10.5. The molecular formula is C11H17BrN2O3S. The lowest BCUT2D eigenvalue weighted by molar-refractivity contribution is 0.413. The van der Waals surface area contributed by atoms with Crippen molar-refractivity contribution in [1.29, 1.82) is 0 Å². The molecular weight excluding hydrogens is 320 g/mol. The molecule has 0 bridgehead atoms. The summed E-state index contributed by atoms with van der Waals surface area (Å²) < 4.78 is 32.5. The van der Waals surface area contributed by atoms with Crippen molar-refractivity contribution in [3.8, 4) is 5.75 Å². The van der Waals surface area contributed by atoms with E-state index in [1.807, 2.05) is 0 Å². The van der Waals surface area contributed by atoms with E-state index in [9.17, 15) is 8.42 Å². The van der Waals surface area contributed by atoms with Crippen LogP contribution >= 0.6 is 15.9 Å². The van der Waals surface area contributed by atoms with Crippen LogP contribution in [0.5, 0.6) is 5.75 Å². The molecule has 0 aliphatic heterocycles. The largest absolute Gasteiger partial charge is 0.497 e. The Labute approximate surface area is 116 Å². The van der Waals surface area contributed by atoms with Crippen LogP contribution < -0.4 is 15.2 Å². The van der Waals surface area contributed by atoms with Crippen LogP contribution in [0.25, 0.3) is 0 Å². The lowest BCUT2D eigenvalue weighted by Gasteiger charge is -2.24. The van der Waals surface area contributed by atoms with Gasteiger partial charge < -0.3 is 10.5 Å². The predicted octanol–water partition coefficient (Wildman–Crippen LogP) is 1.47. The fourth-order valence-corrected chi connectivity index (χ4v) is 3.68. The topological polar surface area (TPSA) is 81.4 Å². The molecule has 0 saturated heterocycles. The van der Waals surface area contributed by atoms with Crippen LogP contribution in [0.4, 0.5) is 0 Å². The van der Waals surface area contributed by atoms with Crippen LogP contribution in [0.1, 0.15) is 13.8 Å². The molecule has 3 N–H and O–H groups in total. The van der Waals surface area contributed by atoms with Gasteiger partial charge in [-0.1, -0.05) is 0 Å². The number of nitrogens with one attached hydrogen (secondary N) is 1. The lowest BCUT2D eigenvalue weighted by Crippen LogP contribution is -2.48. The number of methoxy groups -OCH3 is 1. The van der Waals surface area contributed by atoms with Crippen molar-refractivity contribution in [1.82, 2.24) is 4.72 Å². The number of sulfonamides is 1. The minimum Gasteiger partial charge on any atom is -0.497 e. The van der Waals surface area contributed by atoms with Gasteiger partial charge in [-0.05, 0) is 41.9 Å². The standard InChI is InChI=1S/C11H17BrN2O3S/c1-11(2,7-13)14-18(15,16)10-6-8(17-3)4-5-9(10)12/h4-6,14H,7,13H2,1-3H3. The minimum absolute atomic E-state index is 0.128. The van der Waals surface area contributed by atoms with E-state index in [0.29, 0.717) is 10.2 Å². The number of ether oxygens (including phenoxy) is 1. The maximum absolute atomic E-state index is 12.2. The van der Waals surface area contributed by atoms with Crippen molar-refractivity contribution in [3.05, 3.63) is 22.7 Å². The van der Waals surface area contributed by atoms with Crippen molar-refractivity contribution < 1.29 is 13.2 Å². The van der Waals surface area contributed by atoms with Gasteiger partial charge >= 0.3 is 0 Å². The summed E-state index contributed by atoms with van der Waals surface area (Å²) in [5.74, 6) is 0.476. The molecule has 0 amide bonds. The van der Waals surface area contributed by atoms with Crippen molar-refractivity contribution in [3.63, 3.8) is 0 Å². The van der Waals surface area contributed by atoms with Crippen LogP contribution in [-0.2, 0) is 10.0 Å². The van der Waals surface area contributed by atoms with E-state index in [1.54, 1.807) is 26.0 Å². The van der Waals surface area contributed by atoms with E-state index in [1.165, 1.54) is 13.2 Å². The predicted molar refractivity (Wildman–Crippen MR) is 74.1 cm³/mol. The van der Waals surface area contributed by atoms with Gasteiger partial charge in [0.15, 0.2) is 0 Å². The van der Waals surface area contributed by atoms with E-state index in [0.717, 1.165) is 0 Å². The molecule has 0 saturated carbocycles. The van der Waals surface area contributed by atoms with Gasteiger partial charge in [0.1, 0.15) is 5.75 Å². The zero-order valence-corrected chi connectivity index (χ0v) is 12.9. The molecule has 102 valence electrons. The van der Waals surface area contributed by atoms with E-state index >= 15 is 0 Å². The van der Waals surface area contributed by atoms with Crippen LogP contribution in [0.3, 0.4) is 0 Å². The molecule has 5 nitrogen and oxygen atoms in total. The highest BCUT2D eigenvalue weighted by Gasteiger charge is 2.26. The fourth-order valence-electron chi connectivity index (χ4n) is 1.28. The van der Waals surface area contributed by atoms with Crippen LogP contribution in [-0.4, -0.2) is 27.6 Å². The van der Waals surface area contributed by atoms with Gasteiger partial charge in [-0.25, -0.2) is 13.1 Å². The highest BCUT2D eigenvalue weighted by Crippen LogP contribution is 2.27. The number of rotatable bonds is 5. The molecule has 0 aromatic heterocycles. The Morgan fingerprint density at radius 2 is 2.06 bits per heavy atom. The van der Waals surface area contributed by atoms with Gasteiger partial charge in [0, 0.05) is 22.6 Å². The molecule has 18 heavy (non-hydrogen) atoms. The van der Waals surface area contributed by atoms with Gasteiger partial charge in [0.2, 0.25) is 10.0 Å². The Bertz CT molecular complexity index is 529. The number of hydrogen-bond acceptors (Lipinski definition) is 4. The van der Waals surface area contributed by atoms with Gasteiger partial charge in [-0.15, -0.1) is 0 Å². The normalized spacial score (nSPS) is 12.5. The molecule has 0 heterocycles. The van der Waals surface area contributed by atoms with Gasteiger partial charge in [-0.3, -0.25) is 0 Å². The van der Waals surface area contributed by atoms with Gasteiger partial charge in [-0.2, -0.15) is 0 Å². The summed E-state index contributed by atoms with van der Waals surface area (Å²) in [6.07, 6.45) is 0. The van der Waals surface area contributed by atoms with Crippen LogP contribution in [0.2, 0.25) is 0 Å². The summed E-state index contributed by atoms with van der Waals surface area (Å²) in [7, 11) is -2.17. The molecule has 0 aliphatic carbocycles. The molecule has 0 aliphatic rings. The quantitative estimate of drug-likeness (QED) is 0.853. The maximum Gasteiger partial charge on any atom is 0.242 e. The molecule has 1 rings (SSSR count). The van der Waals surface area contributed by atoms with Crippen molar-refractivity contribution in [2.24, 2.45) is 5.73 Å². The second-order valence-corrected chi connectivity index (χ2v) is 7.00. The summed E-state index contributed by atoms with van der Waals surface area (Å²) >= 11 is 3.22. The SMILES string of the molecule is COc1ccc(Br)c(S(=O)(=O)NC(C)(C)CN)c1. The Morgan fingerprint density at radius 3 is 2.56 bits per heavy atom. The zero-order chi connectivity index (χ0) is 14.0. The van der Waals surface area contributed by atoms with E-state index in [-0.39, 0.29) is 11.4 Å². The third kappa shape index (κ3) is 3.68. The van der Waals surface area contributed by atoms with Crippen LogP contribution in [0, 0.1) is 0 Å². The first-order chi connectivity index (χ1) is 8.22. The Hall–Kier alpha value is -0.630. The van der Waals surface area contributed by atoms with Crippen molar-refractivity contribution in [2.45, 2.75) is 24.3 Å². The summed E-state index contributed by atoms with van der Waals surface area (Å²) in [6, 6.07) is 4.76. The summed E-state index contributed by atoms with van der Waals surface area (Å²) in [4.78, 5) is 0.128. The molecule has 1 aromatic rings. The Kier molecular flexibility index (Phi) is 4.77. The molecule has 0 fully saturated rings. The number of nitrogens with two attached hydrogens (primary N) is 1. The average Bonchev–Trinajstić information content (AvgIpc) is 2.28. The fraction of sp³-hybridized carbons (Fsp3) is 0.455. The summed E-state index contributed by atoms with van der Waals surface area (Å²) in [6.45, 7) is 3.64. The van der Waals surface area contributed by atoms with Crippen molar-refractivity contribution in [2.75, 3.05) is 13.7 Å². The Balaban J connectivity index is 3.20. The van der Waals surface area contributed by atoms with E-state index in [2.05, 4.69) is 20.7 Å². The molecule has 0 spiro atoms. The van der Waals surface area contributed by atoms with Crippen LogP contribution in [0.15, 0.2) is 27.6 Å². The lowest BCUT2D eigenvalue weighted by atomic mass is 10.1. The second-order valence-electron chi connectivity index (χ2n) is 4.49. The number of halogens is 1. The maximum atomic E-state index is 12.2. The van der Waals surface area contributed by atoms with Gasteiger partial charge in [0.05, 0.1) is 12.0 Å². The molecule has 7 heteroatoms. The monoisotopic (exact) mass is 336 g/mol. The first kappa shape index (κ1) is 15.4. The third-order valence-corrected chi connectivity index (χ3v) is 5.04. The van der Waals surface area contributed by atoms with E-state index < -0.39 is 15.6 Å². The third-order valence-electron chi connectivity index (χ3n) is 2.35. The van der Waals surface area contributed by atoms with Crippen molar-refractivity contribution >= 4 is 26.0 Å². The van der Waals surface area contributed by atoms with E-state index in [4.69, 9.17) is 10.5 Å². The number of hydrogen-bond donors (Lipinski definition) is 2. The first-order valence-corrected chi connectivity index (χ1v) is 7.57. The molecule has 0 atom stereocenters. The number of benzene rings is 1. The molecule has 0 radical (unpaired) electrons. The second kappa shape index (κ2) is 5.56. The first-order valence-electron chi connectivity index (χ1n) is 5.29. The smallest absolute Gasteiger partial charge is 0.242 e. The molecule has 0 unspecified atom stereocenters. The highest BCUT2D eigenvalue weighted by molar-refractivity contribution is 9.10. The highest BCUT2D eigenvalue weighted by atomic mass is 79.9. The molecule has 1 aromatic carbocycles. The van der Waals surface area contributed by atoms with Gasteiger partial charge in [0.25, 0.3) is 0 Å². The summed E-state index contributed by atoms with van der Waals surface area (Å²) in [5, 5.41) is 0. The Morgan fingerprint density at radius 1 is 1.44 bits per heavy atom. The minimum atomic E-state index is -3.65. The average molecular weight is 337 g/mol.